The predicted molar refractivity (Wildman–Crippen MR) is 76.7 cm³/mol. The van der Waals surface area contributed by atoms with Crippen LogP contribution in [0.3, 0.4) is 0 Å². The zero-order chi connectivity index (χ0) is 14.3. The molecule has 4 nitrogen and oxygen atoms in total. The molecule has 0 aliphatic rings. The third-order valence-electron chi connectivity index (χ3n) is 2.86. The zero-order valence-corrected chi connectivity index (χ0v) is 12.5. The summed E-state index contributed by atoms with van der Waals surface area (Å²) in [5.41, 5.74) is 0.807. The third-order valence-corrected chi connectivity index (χ3v) is 3.83. The van der Waals surface area contributed by atoms with E-state index in [-0.39, 0.29) is 5.78 Å². The largest absolute Gasteiger partial charge is 0.383 e. The molecule has 0 atom stereocenters. The van der Waals surface area contributed by atoms with E-state index in [0.717, 1.165) is 15.3 Å². The Balaban J connectivity index is 2.64. The van der Waals surface area contributed by atoms with E-state index in [1.165, 1.54) is 0 Å². The highest BCUT2D eigenvalue weighted by atomic mass is 32.1. The van der Waals surface area contributed by atoms with Gasteiger partial charge in [0.25, 0.3) is 0 Å². The molecule has 0 fully saturated rings. The Labute approximate surface area is 118 Å². The number of nitrogens with zero attached hydrogens (tertiary/aromatic N) is 2. The number of ether oxygens (including phenoxy) is 1. The molecule has 19 heavy (non-hydrogen) atoms. The van der Waals surface area contributed by atoms with Crippen molar-refractivity contribution in [1.29, 1.82) is 5.26 Å². The first kappa shape index (κ1) is 15.8. The number of ketones is 1. The number of rotatable bonds is 8. The molecule has 0 unspecified atom stereocenters. The van der Waals surface area contributed by atoms with Crippen LogP contribution in [-0.4, -0.2) is 44.0 Å². The fourth-order valence-electron chi connectivity index (χ4n) is 1.89. The first-order chi connectivity index (χ1) is 9.08. The lowest BCUT2D eigenvalue weighted by Gasteiger charge is -2.19. The summed E-state index contributed by atoms with van der Waals surface area (Å²) >= 11 is 1.64. The van der Waals surface area contributed by atoms with Gasteiger partial charge in [0.15, 0.2) is 5.78 Å². The zero-order valence-electron chi connectivity index (χ0n) is 11.7. The van der Waals surface area contributed by atoms with Crippen LogP contribution in [0.4, 0.5) is 0 Å². The van der Waals surface area contributed by atoms with Crippen molar-refractivity contribution in [3.63, 3.8) is 0 Å². The smallest absolute Gasteiger partial charge is 0.177 e. The van der Waals surface area contributed by atoms with Gasteiger partial charge in [-0.25, -0.2) is 0 Å². The van der Waals surface area contributed by atoms with Crippen molar-refractivity contribution in [2.45, 2.75) is 20.3 Å². The molecular weight excluding hydrogens is 260 g/mol. The molecule has 0 bridgehead atoms. The number of aryl methyl sites for hydroxylation is 2. The highest BCUT2D eigenvalue weighted by Crippen LogP contribution is 2.21. The Morgan fingerprint density at radius 1 is 1.47 bits per heavy atom. The highest BCUT2D eigenvalue weighted by molar-refractivity contribution is 7.12. The predicted octanol–water partition coefficient (Wildman–Crippen LogP) is 2.41. The van der Waals surface area contributed by atoms with Gasteiger partial charge in [0, 0.05) is 41.9 Å². The first-order valence-electron chi connectivity index (χ1n) is 6.27. The number of hydrogen-bond acceptors (Lipinski definition) is 5. The molecule has 0 aliphatic heterocycles. The van der Waals surface area contributed by atoms with Crippen molar-refractivity contribution >= 4 is 17.1 Å². The fourth-order valence-corrected chi connectivity index (χ4v) is 2.84. The van der Waals surface area contributed by atoms with Gasteiger partial charge in [0.1, 0.15) is 0 Å². The quantitative estimate of drug-likeness (QED) is 0.686. The summed E-state index contributed by atoms with van der Waals surface area (Å²) in [6, 6.07) is 4.06. The van der Waals surface area contributed by atoms with Crippen molar-refractivity contribution in [2.75, 3.05) is 33.4 Å². The number of carbonyl (C=O) groups is 1. The lowest BCUT2D eigenvalue weighted by molar-refractivity contribution is 0.0898. The fraction of sp³-hybridized carbons (Fsp3) is 0.571. The topological polar surface area (TPSA) is 53.3 Å². The summed E-state index contributed by atoms with van der Waals surface area (Å²) in [6.45, 7) is 6.18. The van der Waals surface area contributed by atoms with E-state index >= 15 is 0 Å². The molecule has 0 N–H and O–H groups in total. The van der Waals surface area contributed by atoms with Gasteiger partial charge in [0.05, 0.1) is 19.2 Å². The van der Waals surface area contributed by atoms with Gasteiger partial charge in [-0.15, -0.1) is 11.3 Å². The molecular formula is C14H20N2O2S. The minimum absolute atomic E-state index is 0.121. The van der Waals surface area contributed by atoms with Crippen molar-refractivity contribution in [3.8, 4) is 6.07 Å². The highest BCUT2D eigenvalue weighted by Gasteiger charge is 2.15. The average Bonchev–Trinajstić information content (AvgIpc) is 2.71. The molecule has 0 amide bonds. The van der Waals surface area contributed by atoms with Crippen molar-refractivity contribution in [1.82, 2.24) is 4.90 Å². The van der Waals surface area contributed by atoms with E-state index in [1.807, 2.05) is 24.8 Å². The number of Topliss-reactive ketones (excluding diaryl/α,β-unsaturated/α-hetero) is 1. The van der Waals surface area contributed by atoms with Crippen LogP contribution in [0.1, 0.15) is 26.5 Å². The minimum Gasteiger partial charge on any atom is -0.383 e. The molecule has 104 valence electrons. The second kappa shape index (κ2) is 8.05. The second-order valence-corrected chi connectivity index (χ2v) is 5.89. The normalized spacial score (nSPS) is 10.7. The molecule has 0 saturated carbocycles. The maximum Gasteiger partial charge on any atom is 0.177 e. The Morgan fingerprint density at radius 2 is 2.21 bits per heavy atom. The van der Waals surface area contributed by atoms with E-state index in [0.29, 0.717) is 32.7 Å². The van der Waals surface area contributed by atoms with Crippen LogP contribution in [0.2, 0.25) is 0 Å². The summed E-state index contributed by atoms with van der Waals surface area (Å²) in [5.74, 6) is 0.121. The van der Waals surface area contributed by atoms with Crippen LogP contribution >= 0.6 is 11.3 Å². The van der Waals surface area contributed by atoms with Gasteiger partial charge in [0.2, 0.25) is 0 Å². The lowest BCUT2D eigenvalue weighted by atomic mass is 10.1. The lowest BCUT2D eigenvalue weighted by Crippen LogP contribution is -2.33. The van der Waals surface area contributed by atoms with Gasteiger partial charge in [-0.1, -0.05) is 0 Å². The summed E-state index contributed by atoms with van der Waals surface area (Å²) in [7, 11) is 1.64. The van der Waals surface area contributed by atoms with E-state index in [2.05, 4.69) is 6.07 Å². The molecule has 1 aromatic rings. The van der Waals surface area contributed by atoms with Crippen LogP contribution < -0.4 is 0 Å². The first-order valence-corrected chi connectivity index (χ1v) is 7.08. The standard InChI is InChI=1S/C14H20N2O2S/c1-11-9-13(12(2)19-11)14(17)10-16(6-4-5-15)7-8-18-3/h9H,4,6-8,10H2,1-3H3. The van der Waals surface area contributed by atoms with Crippen LogP contribution in [0.25, 0.3) is 0 Å². The Bertz CT molecular complexity index is 463. The Hall–Kier alpha value is -1.22. The van der Waals surface area contributed by atoms with Gasteiger partial charge in [-0.05, 0) is 19.9 Å². The molecule has 1 rings (SSSR count). The third kappa shape index (κ3) is 5.11. The summed E-state index contributed by atoms with van der Waals surface area (Å²) in [6.07, 6.45) is 0.429. The van der Waals surface area contributed by atoms with Gasteiger partial charge >= 0.3 is 0 Å². The van der Waals surface area contributed by atoms with E-state index in [4.69, 9.17) is 10.00 Å². The average molecular weight is 280 g/mol. The minimum atomic E-state index is 0.121. The number of carbonyl (C=O) groups excluding carboxylic acids is 1. The van der Waals surface area contributed by atoms with Crippen molar-refractivity contribution in [3.05, 3.63) is 21.4 Å². The monoisotopic (exact) mass is 280 g/mol. The maximum absolute atomic E-state index is 12.3. The van der Waals surface area contributed by atoms with Crippen LogP contribution in [-0.2, 0) is 4.74 Å². The van der Waals surface area contributed by atoms with Crippen LogP contribution in [0.5, 0.6) is 0 Å². The summed E-state index contributed by atoms with van der Waals surface area (Å²) in [4.78, 5) is 16.4. The van der Waals surface area contributed by atoms with Crippen LogP contribution in [0, 0.1) is 25.2 Å². The van der Waals surface area contributed by atoms with Gasteiger partial charge in [-0.2, -0.15) is 5.26 Å². The molecule has 0 saturated heterocycles. The molecule has 0 aromatic carbocycles. The molecule has 1 aromatic heterocycles. The number of nitriles is 1. The second-order valence-electron chi connectivity index (χ2n) is 4.43. The summed E-state index contributed by atoms with van der Waals surface area (Å²) in [5, 5.41) is 8.65. The molecule has 5 heteroatoms. The number of thiophene rings is 1. The maximum atomic E-state index is 12.3. The van der Waals surface area contributed by atoms with Crippen LogP contribution in [0.15, 0.2) is 6.07 Å². The molecule has 0 spiro atoms. The summed E-state index contributed by atoms with van der Waals surface area (Å²) < 4.78 is 5.03. The Kier molecular flexibility index (Phi) is 6.71. The van der Waals surface area contributed by atoms with E-state index in [1.54, 1.807) is 18.4 Å². The molecule has 1 heterocycles. The number of hydrogen-bond donors (Lipinski definition) is 0. The van der Waals surface area contributed by atoms with E-state index < -0.39 is 0 Å². The number of methoxy groups -OCH3 is 1. The molecule has 0 radical (unpaired) electrons. The van der Waals surface area contributed by atoms with Gasteiger partial charge in [-0.3, -0.25) is 9.69 Å². The van der Waals surface area contributed by atoms with Crippen molar-refractivity contribution < 1.29 is 9.53 Å². The SMILES string of the molecule is COCCN(CCC#N)CC(=O)c1cc(C)sc1C. The molecule has 0 aliphatic carbocycles. The Morgan fingerprint density at radius 3 is 2.74 bits per heavy atom. The van der Waals surface area contributed by atoms with E-state index in [9.17, 15) is 4.79 Å². The van der Waals surface area contributed by atoms with Crippen molar-refractivity contribution in [2.24, 2.45) is 0 Å². The van der Waals surface area contributed by atoms with Gasteiger partial charge < -0.3 is 4.74 Å².